The third-order valence-corrected chi connectivity index (χ3v) is 6.47. The number of nitrogens with two attached hydrogens (primary N) is 1. The number of aromatic amines is 2. The Kier molecular flexibility index (Phi) is 4.55. The van der Waals surface area contributed by atoms with Crippen molar-refractivity contribution in [1.82, 2.24) is 35.1 Å². The number of anilines is 1. The number of hydrogen-bond acceptors (Lipinski definition) is 7. The van der Waals surface area contributed by atoms with E-state index >= 15 is 0 Å². The summed E-state index contributed by atoms with van der Waals surface area (Å²) in [4.78, 5) is 23.7. The summed E-state index contributed by atoms with van der Waals surface area (Å²) in [7, 11) is 0. The Balaban J connectivity index is 1.31. The second kappa shape index (κ2) is 7.92. The Morgan fingerprint density at radius 2 is 1.81 bits per heavy atom. The highest BCUT2D eigenvalue weighted by Crippen LogP contribution is 2.34. The van der Waals surface area contributed by atoms with Crippen LogP contribution in [0.25, 0.3) is 55.8 Å². The first-order chi connectivity index (χ1) is 17.6. The Morgan fingerprint density at radius 3 is 2.67 bits per heavy atom. The molecule has 0 radical (unpaired) electrons. The normalized spacial score (nSPS) is 14.0. The number of aromatic nitrogens is 7. The molecule has 4 N–H and O–H groups in total. The maximum atomic E-state index is 13.9. The summed E-state index contributed by atoms with van der Waals surface area (Å²) in [5.41, 5.74) is 12.0. The van der Waals surface area contributed by atoms with E-state index in [1.165, 1.54) is 12.1 Å². The van der Waals surface area contributed by atoms with Crippen LogP contribution in [0, 0.1) is 5.82 Å². The van der Waals surface area contributed by atoms with Crippen LogP contribution in [-0.4, -0.2) is 54.2 Å². The van der Waals surface area contributed by atoms with Crippen LogP contribution in [0.3, 0.4) is 0 Å². The number of halogens is 1. The van der Waals surface area contributed by atoms with E-state index in [-0.39, 0.29) is 11.9 Å². The smallest absolute Gasteiger partial charge is 0.147 e. The van der Waals surface area contributed by atoms with Crippen LogP contribution in [0.15, 0.2) is 67.3 Å². The molecule has 1 saturated heterocycles. The van der Waals surface area contributed by atoms with Crippen LogP contribution in [0.5, 0.6) is 0 Å². The van der Waals surface area contributed by atoms with Crippen molar-refractivity contribution < 1.29 is 4.39 Å². The number of pyridine rings is 2. The second-order valence-corrected chi connectivity index (χ2v) is 8.93. The number of fused-ring (bicyclic) bond motifs is 2. The molecule has 0 bridgehead atoms. The van der Waals surface area contributed by atoms with Crippen molar-refractivity contribution in [3.05, 3.63) is 73.1 Å². The van der Waals surface area contributed by atoms with E-state index in [1.54, 1.807) is 30.9 Å². The van der Waals surface area contributed by atoms with Gasteiger partial charge in [-0.1, -0.05) is 12.1 Å². The molecule has 5 aromatic heterocycles. The summed E-state index contributed by atoms with van der Waals surface area (Å²) < 4.78 is 13.9. The Hall–Kier alpha value is -4.70. The second-order valence-electron chi connectivity index (χ2n) is 8.93. The monoisotopic (exact) mass is 477 g/mol. The lowest BCUT2D eigenvalue weighted by molar-refractivity contribution is 0.514. The van der Waals surface area contributed by atoms with Crippen LogP contribution in [0.2, 0.25) is 0 Å². The molecule has 10 heteroatoms. The lowest BCUT2D eigenvalue weighted by Crippen LogP contribution is -2.56. The Bertz CT molecular complexity index is 1750. The summed E-state index contributed by atoms with van der Waals surface area (Å²) in [6.45, 7) is 1.53. The zero-order valence-corrected chi connectivity index (χ0v) is 19.0. The van der Waals surface area contributed by atoms with E-state index in [4.69, 9.17) is 10.7 Å². The molecular weight excluding hydrogens is 457 g/mol. The van der Waals surface area contributed by atoms with Gasteiger partial charge < -0.3 is 15.6 Å². The van der Waals surface area contributed by atoms with Crippen molar-refractivity contribution in [1.29, 1.82) is 0 Å². The summed E-state index contributed by atoms with van der Waals surface area (Å²) in [5.74, 6) is 0.487. The molecule has 0 spiro atoms. The van der Waals surface area contributed by atoms with Gasteiger partial charge in [0.15, 0.2) is 0 Å². The summed E-state index contributed by atoms with van der Waals surface area (Å²) in [6.07, 6.45) is 6.91. The maximum Gasteiger partial charge on any atom is 0.147 e. The first-order valence-corrected chi connectivity index (χ1v) is 11.5. The molecule has 176 valence electrons. The number of H-pyrrole nitrogens is 2. The van der Waals surface area contributed by atoms with E-state index in [9.17, 15) is 4.39 Å². The lowest BCUT2D eigenvalue weighted by atomic mass is 10.1. The van der Waals surface area contributed by atoms with Gasteiger partial charge in [0, 0.05) is 47.2 Å². The fourth-order valence-electron chi connectivity index (χ4n) is 4.64. The Labute approximate surface area is 204 Å². The molecular formula is C26H20FN9. The largest absolute Gasteiger partial charge is 0.353 e. The van der Waals surface area contributed by atoms with E-state index in [0.29, 0.717) is 22.6 Å². The minimum Gasteiger partial charge on any atom is -0.353 e. The maximum absolute atomic E-state index is 13.9. The van der Waals surface area contributed by atoms with Gasteiger partial charge in [-0.05, 0) is 30.3 Å². The topological polar surface area (TPSA) is 125 Å². The van der Waals surface area contributed by atoms with E-state index in [2.05, 4.69) is 35.0 Å². The molecule has 6 aromatic rings. The molecule has 0 atom stereocenters. The van der Waals surface area contributed by atoms with Crippen LogP contribution in [0.1, 0.15) is 0 Å². The van der Waals surface area contributed by atoms with Crippen LogP contribution >= 0.6 is 0 Å². The van der Waals surface area contributed by atoms with Crippen molar-refractivity contribution in [3.8, 4) is 34.0 Å². The van der Waals surface area contributed by atoms with Gasteiger partial charge in [-0.2, -0.15) is 5.10 Å². The fraction of sp³-hybridized carbons (Fsp3) is 0.115. The zero-order valence-electron chi connectivity index (χ0n) is 19.0. The minimum atomic E-state index is -0.301. The third-order valence-electron chi connectivity index (χ3n) is 6.47. The van der Waals surface area contributed by atoms with E-state index < -0.39 is 0 Å². The molecule has 7 rings (SSSR count). The highest BCUT2D eigenvalue weighted by molar-refractivity contribution is 6.00. The molecule has 0 saturated carbocycles. The standard InChI is InChI=1S/C26H20FN9/c27-15-3-1-2-14(6-15)25-17-8-21(32-19(17)4-5-30-25)26-18-7-20(31-10-22(18)34-35-26)23-9-29-11-24(33-23)36-12-16(28)13-36/h1-11,16,32H,12-13,28H2,(H,34,35). The fourth-order valence-corrected chi connectivity index (χ4v) is 4.64. The molecule has 0 unspecified atom stereocenters. The number of hydrogen-bond donors (Lipinski definition) is 3. The number of rotatable bonds is 4. The van der Waals surface area contributed by atoms with Crippen molar-refractivity contribution in [2.45, 2.75) is 6.04 Å². The highest BCUT2D eigenvalue weighted by Gasteiger charge is 2.25. The van der Waals surface area contributed by atoms with Gasteiger partial charge in [0.05, 0.1) is 41.2 Å². The molecule has 36 heavy (non-hydrogen) atoms. The van der Waals surface area contributed by atoms with Crippen molar-refractivity contribution in [2.75, 3.05) is 18.0 Å². The van der Waals surface area contributed by atoms with Gasteiger partial charge in [-0.3, -0.25) is 20.1 Å². The first-order valence-electron chi connectivity index (χ1n) is 11.5. The van der Waals surface area contributed by atoms with E-state index in [0.717, 1.165) is 52.1 Å². The number of nitrogens with one attached hydrogen (secondary N) is 2. The quantitative estimate of drug-likeness (QED) is 0.351. The predicted octanol–water partition coefficient (Wildman–Crippen LogP) is 3.91. The average molecular weight is 478 g/mol. The summed E-state index contributed by atoms with van der Waals surface area (Å²) in [5, 5.41) is 9.39. The van der Waals surface area contributed by atoms with Crippen LogP contribution in [0.4, 0.5) is 10.2 Å². The molecule has 6 heterocycles. The summed E-state index contributed by atoms with van der Waals surface area (Å²) in [6, 6.07) is 12.5. The van der Waals surface area contributed by atoms with Crippen LogP contribution in [-0.2, 0) is 0 Å². The highest BCUT2D eigenvalue weighted by atomic mass is 19.1. The van der Waals surface area contributed by atoms with Gasteiger partial charge >= 0.3 is 0 Å². The van der Waals surface area contributed by atoms with Gasteiger partial charge in [0.25, 0.3) is 0 Å². The summed E-state index contributed by atoms with van der Waals surface area (Å²) >= 11 is 0. The molecule has 1 fully saturated rings. The minimum absolute atomic E-state index is 0.173. The van der Waals surface area contributed by atoms with Gasteiger partial charge in [-0.15, -0.1) is 0 Å². The van der Waals surface area contributed by atoms with Gasteiger partial charge in [0.1, 0.15) is 23.0 Å². The average Bonchev–Trinajstić information content (AvgIpc) is 3.50. The Morgan fingerprint density at radius 1 is 0.917 bits per heavy atom. The molecule has 9 nitrogen and oxygen atoms in total. The molecule has 1 aliphatic rings. The van der Waals surface area contributed by atoms with Gasteiger partial charge in [-0.25, -0.2) is 9.37 Å². The molecule has 0 amide bonds. The van der Waals surface area contributed by atoms with E-state index in [1.807, 2.05) is 24.3 Å². The van der Waals surface area contributed by atoms with Crippen molar-refractivity contribution in [3.63, 3.8) is 0 Å². The predicted molar refractivity (Wildman–Crippen MR) is 136 cm³/mol. The van der Waals surface area contributed by atoms with Gasteiger partial charge in [0.2, 0.25) is 0 Å². The van der Waals surface area contributed by atoms with Crippen LogP contribution < -0.4 is 10.6 Å². The SMILES string of the molecule is NC1CN(c2cncc(-c3cc4c(-c5cc6c(-c7cccc(F)c7)nccc6[nH]5)n[nH]c4cn3)n2)C1. The number of benzene rings is 1. The third kappa shape index (κ3) is 3.38. The lowest BCUT2D eigenvalue weighted by Gasteiger charge is -2.37. The molecule has 0 aliphatic carbocycles. The van der Waals surface area contributed by atoms with Crippen molar-refractivity contribution >= 4 is 27.6 Å². The first kappa shape index (κ1) is 20.7. The van der Waals surface area contributed by atoms with Crippen molar-refractivity contribution in [2.24, 2.45) is 5.73 Å². The molecule has 1 aliphatic heterocycles. The molecule has 1 aromatic carbocycles. The zero-order chi connectivity index (χ0) is 24.2. The number of nitrogens with zero attached hydrogens (tertiary/aromatic N) is 6.